The van der Waals surface area contributed by atoms with Gasteiger partial charge in [0.05, 0.1) is 12.2 Å². The number of hydrogen-bond donors (Lipinski definition) is 3. The lowest BCUT2D eigenvalue weighted by Gasteiger charge is -2.13. The van der Waals surface area contributed by atoms with Crippen molar-refractivity contribution in [2.45, 2.75) is 26.7 Å². The second-order valence-electron chi connectivity index (χ2n) is 6.15. The van der Waals surface area contributed by atoms with E-state index in [0.29, 0.717) is 11.6 Å². The summed E-state index contributed by atoms with van der Waals surface area (Å²) in [6.07, 6.45) is 0. The van der Waals surface area contributed by atoms with E-state index in [9.17, 15) is 4.79 Å². The molecule has 0 saturated heterocycles. The maximum absolute atomic E-state index is 11.9. The van der Waals surface area contributed by atoms with Crippen molar-refractivity contribution in [2.75, 3.05) is 11.9 Å². The van der Waals surface area contributed by atoms with Crippen molar-refractivity contribution in [3.8, 4) is 0 Å². The first-order valence-electron chi connectivity index (χ1n) is 8.10. The number of hydrazine groups is 1. The van der Waals surface area contributed by atoms with Gasteiger partial charge in [-0.25, -0.2) is 0 Å². The average molecular weight is 323 g/mol. The van der Waals surface area contributed by atoms with Crippen LogP contribution in [0.5, 0.6) is 0 Å². The molecule has 0 saturated carbocycles. The Morgan fingerprint density at radius 2 is 1.62 bits per heavy atom. The minimum Gasteiger partial charge on any atom is -0.376 e. The van der Waals surface area contributed by atoms with E-state index in [1.54, 1.807) is 0 Å². The molecule has 0 bridgehead atoms. The molecule has 24 heavy (non-hydrogen) atoms. The Kier molecular flexibility index (Phi) is 6.01. The summed E-state index contributed by atoms with van der Waals surface area (Å²) in [5.41, 5.74) is 10.5. The number of rotatable bonds is 7. The maximum atomic E-state index is 11.9. The first-order valence-corrected chi connectivity index (χ1v) is 8.10. The largest absolute Gasteiger partial charge is 0.376 e. The number of carbonyl (C=O) groups is 1. The Bertz CT molecular complexity index is 688. The Hall–Kier alpha value is -2.75. The topological polar surface area (TPSA) is 53.2 Å². The molecule has 2 rings (SSSR count). The standard InChI is InChI=1S/C20H25N3O/c1-14(2)17-7-9-18(10-8-17)16(4)22-23-20(24)13-21-19-11-5-15(3)6-12-19/h5-12,14,21-22H,4,13H2,1-3H3,(H,23,24). The smallest absolute Gasteiger partial charge is 0.257 e. The first-order chi connectivity index (χ1) is 11.5. The van der Waals surface area contributed by atoms with Crippen LogP contribution in [0.1, 0.15) is 36.5 Å². The third-order valence-electron chi connectivity index (χ3n) is 3.78. The van der Waals surface area contributed by atoms with Crippen molar-refractivity contribution in [1.82, 2.24) is 10.9 Å². The molecule has 0 spiro atoms. The normalized spacial score (nSPS) is 10.3. The van der Waals surface area contributed by atoms with E-state index >= 15 is 0 Å². The molecule has 0 heterocycles. The molecule has 0 aromatic heterocycles. The van der Waals surface area contributed by atoms with E-state index in [0.717, 1.165) is 11.3 Å². The lowest BCUT2D eigenvalue weighted by atomic mass is 10.0. The number of hydrogen-bond acceptors (Lipinski definition) is 3. The fourth-order valence-corrected chi connectivity index (χ4v) is 2.18. The van der Waals surface area contributed by atoms with Gasteiger partial charge in [-0.1, -0.05) is 62.4 Å². The second-order valence-corrected chi connectivity index (χ2v) is 6.15. The molecule has 3 N–H and O–H groups in total. The number of anilines is 1. The number of nitrogens with one attached hydrogen (secondary N) is 3. The predicted molar refractivity (Wildman–Crippen MR) is 101 cm³/mol. The van der Waals surface area contributed by atoms with E-state index < -0.39 is 0 Å². The van der Waals surface area contributed by atoms with Gasteiger partial charge in [0.2, 0.25) is 0 Å². The summed E-state index contributed by atoms with van der Waals surface area (Å²) in [5.74, 6) is 0.336. The summed E-state index contributed by atoms with van der Waals surface area (Å²) >= 11 is 0. The lowest BCUT2D eigenvalue weighted by molar-refractivity contribution is -0.120. The molecule has 0 atom stereocenters. The Morgan fingerprint density at radius 1 is 1.00 bits per heavy atom. The highest BCUT2D eigenvalue weighted by atomic mass is 16.2. The fourth-order valence-electron chi connectivity index (χ4n) is 2.18. The number of amides is 1. The molecular formula is C20H25N3O. The summed E-state index contributed by atoms with van der Waals surface area (Å²) in [5, 5.41) is 3.07. The summed E-state index contributed by atoms with van der Waals surface area (Å²) in [7, 11) is 0. The Balaban J connectivity index is 1.78. The highest BCUT2D eigenvalue weighted by molar-refractivity contribution is 5.81. The van der Waals surface area contributed by atoms with E-state index in [4.69, 9.17) is 0 Å². The molecule has 2 aromatic carbocycles. The molecule has 0 aliphatic heterocycles. The summed E-state index contributed by atoms with van der Waals surface area (Å²) in [4.78, 5) is 11.9. The van der Waals surface area contributed by atoms with Crippen molar-refractivity contribution >= 4 is 17.3 Å². The zero-order chi connectivity index (χ0) is 17.5. The van der Waals surface area contributed by atoms with Crippen LogP contribution in [0.3, 0.4) is 0 Å². The third kappa shape index (κ3) is 5.16. The van der Waals surface area contributed by atoms with E-state index in [1.165, 1.54) is 11.1 Å². The van der Waals surface area contributed by atoms with Crippen LogP contribution in [-0.2, 0) is 4.79 Å². The SMILES string of the molecule is C=C(NNC(=O)CNc1ccc(C)cc1)c1ccc(C(C)C)cc1. The van der Waals surface area contributed by atoms with Gasteiger partial charge in [0.15, 0.2) is 0 Å². The zero-order valence-electron chi connectivity index (χ0n) is 14.5. The quantitative estimate of drug-likeness (QED) is 0.679. The van der Waals surface area contributed by atoms with Crippen LogP contribution in [-0.4, -0.2) is 12.5 Å². The number of carbonyl (C=O) groups excluding carboxylic acids is 1. The fraction of sp³-hybridized carbons (Fsp3) is 0.250. The Morgan fingerprint density at radius 3 is 2.21 bits per heavy atom. The molecule has 0 aliphatic rings. The summed E-state index contributed by atoms with van der Waals surface area (Å²) in [6.45, 7) is 10.5. The van der Waals surface area contributed by atoms with Gasteiger partial charge in [-0.2, -0.15) is 0 Å². The molecule has 4 heteroatoms. The van der Waals surface area contributed by atoms with Crippen LogP contribution < -0.4 is 16.2 Å². The van der Waals surface area contributed by atoms with Crippen molar-refractivity contribution < 1.29 is 4.79 Å². The van der Waals surface area contributed by atoms with Gasteiger partial charge in [-0.15, -0.1) is 0 Å². The van der Waals surface area contributed by atoms with Gasteiger partial charge >= 0.3 is 0 Å². The Labute approximate surface area is 143 Å². The minimum atomic E-state index is -0.157. The van der Waals surface area contributed by atoms with Crippen LogP contribution in [0.2, 0.25) is 0 Å². The van der Waals surface area contributed by atoms with Crippen LogP contribution in [0.25, 0.3) is 5.70 Å². The highest BCUT2D eigenvalue weighted by Gasteiger charge is 2.04. The van der Waals surface area contributed by atoms with Crippen LogP contribution in [0.4, 0.5) is 5.69 Å². The van der Waals surface area contributed by atoms with Gasteiger partial charge in [0.1, 0.15) is 0 Å². The van der Waals surface area contributed by atoms with Gasteiger partial charge < -0.3 is 5.32 Å². The molecular weight excluding hydrogens is 298 g/mol. The van der Waals surface area contributed by atoms with Gasteiger partial charge in [-0.3, -0.25) is 15.6 Å². The highest BCUT2D eigenvalue weighted by Crippen LogP contribution is 2.17. The molecule has 4 nitrogen and oxygen atoms in total. The van der Waals surface area contributed by atoms with E-state index in [2.05, 4.69) is 48.7 Å². The van der Waals surface area contributed by atoms with Crippen molar-refractivity contribution in [3.05, 3.63) is 71.8 Å². The molecule has 2 aromatic rings. The van der Waals surface area contributed by atoms with Gasteiger partial charge in [-0.05, 0) is 36.1 Å². The number of benzene rings is 2. The third-order valence-corrected chi connectivity index (χ3v) is 3.78. The van der Waals surface area contributed by atoms with Crippen LogP contribution in [0.15, 0.2) is 55.1 Å². The van der Waals surface area contributed by atoms with Crippen molar-refractivity contribution in [1.29, 1.82) is 0 Å². The van der Waals surface area contributed by atoms with Gasteiger partial charge in [0.25, 0.3) is 5.91 Å². The first kappa shape index (κ1) is 17.6. The van der Waals surface area contributed by atoms with E-state index in [1.807, 2.05) is 43.3 Å². The molecule has 126 valence electrons. The molecule has 0 aliphatic carbocycles. The molecule has 1 amide bonds. The van der Waals surface area contributed by atoms with Crippen LogP contribution in [0, 0.1) is 6.92 Å². The lowest BCUT2D eigenvalue weighted by Crippen LogP contribution is -2.39. The van der Waals surface area contributed by atoms with Crippen molar-refractivity contribution in [3.63, 3.8) is 0 Å². The zero-order valence-corrected chi connectivity index (χ0v) is 14.5. The minimum absolute atomic E-state index is 0.157. The monoisotopic (exact) mass is 323 g/mol. The van der Waals surface area contributed by atoms with Crippen LogP contribution >= 0.6 is 0 Å². The predicted octanol–water partition coefficient (Wildman–Crippen LogP) is 3.82. The summed E-state index contributed by atoms with van der Waals surface area (Å²) < 4.78 is 0. The average Bonchev–Trinajstić information content (AvgIpc) is 2.59. The molecule has 0 radical (unpaired) electrons. The van der Waals surface area contributed by atoms with E-state index in [-0.39, 0.29) is 12.5 Å². The molecule has 0 fully saturated rings. The number of aryl methyl sites for hydroxylation is 1. The maximum Gasteiger partial charge on any atom is 0.257 e. The summed E-state index contributed by atoms with van der Waals surface area (Å²) in [6, 6.07) is 16.1. The van der Waals surface area contributed by atoms with Gasteiger partial charge in [0, 0.05) is 5.69 Å². The van der Waals surface area contributed by atoms with Crippen molar-refractivity contribution in [2.24, 2.45) is 0 Å². The second kappa shape index (κ2) is 8.20. The molecule has 0 unspecified atom stereocenters.